The van der Waals surface area contributed by atoms with Gasteiger partial charge < -0.3 is 14.8 Å². The number of ether oxygens (including phenoxy) is 1. The van der Waals surface area contributed by atoms with E-state index in [1.165, 1.54) is 5.56 Å². The number of aromatic nitrogens is 1. The van der Waals surface area contributed by atoms with Crippen LogP contribution in [0.4, 0.5) is 0 Å². The quantitative estimate of drug-likeness (QED) is 0.384. The second kappa shape index (κ2) is 7.81. The number of hydrogen-bond acceptors (Lipinski definition) is 4. The van der Waals surface area contributed by atoms with Crippen molar-refractivity contribution in [2.75, 3.05) is 6.54 Å². The predicted molar refractivity (Wildman–Crippen MR) is 96.1 cm³/mol. The summed E-state index contributed by atoms with van der Waals surface area (Å²) < 4.78 is 5.91. The number of rotatable bonds is 5. The lowest BCUT2D eigenvalue weighted by Crippen LogP contribution is -2.37. The summed E-state index contributed by atoms with van der Waals surface area (Å²) in [4.78, 5) is 6.28. The van der Waals surface area contributed by atoms with E-state index in [9.17, 15) is 5.21 Å². The molecule has 128 valence electrons. The fourth-order valence-corrected chi connectivity index (χ4v) is 2.67. The largest absolute Gasteiger partial charge is 0.439 e. The zero-order valence-corrected chi connectivity index (χ0v) is 14.9. The molecule has 5 heteroatoms. The Kier molecular flexibility index (Phi) is 5.79. The Hall–Kier alpha value is -2.56. The maximum atomic E-state index is 9.47. The molecule has 0 spiro atoms. The van der Waals surface area contributed by atoms with Crippen molar-refractivity contribution in [1.29, 1.82) is 0 Å². The Bertz CT molecular complexity index is 726. The number of benzene rings is 1. The van der Waals surface area contributed by atoms with Gasteiger partial charge in [0.2, 0.25) is 5.88 Å². The smallest absolute Gasteiger partial charge is 0.219 e. The van der Waals surface area contributed by atoms with Gasteiger partial charge in [0.25, 0.3) is 0 Å². The van der Waals surface area contributed by atoms with Crippen LogP contribution >= 0.6 is 0 Å². The Morgan fingerprint density at radius 2 is 2.00 bits per heavy atom. The molecule has 24 heavy (non-hydrogen) atoms. The van der Waals surface area contributed by atoms with Crippen molar-refractivity contribution in [3.05, 3.63) is 53.2 Å². The van der Waals surface area contributed by atoms with Gasteiger partial charge >= 0.3 is 0 Å². The Morgan fingerprint density at radius 3 is 2.58 bits per heavy atom. The Labute approximate surface area is 143 Å². The van der Waals surface area contributed by atoms with Crippen molar-refractivity contribution < 1.29 is 9.94 Å². The minimum absolute atomic E-state index is 0.220. The maximum Gasteiger partial charge on any atom is 0.219 e. The molecule has 0 aliphatic heterocycles. The summed E-state index contributed by atoms with van der Waals surface area (Å²) in [6.07, 6.45) is 1.66. The average Bonchev–Trinajstić information content (AvgIpc) is 2.55. The van der Waals surface area contributed by atoms with Crippen molar-refractivity contribution in [2.45, 2.75) is 40.7 Å². The first-order valence-electron chi connectivity index (χ1n) is 8.16. The number of pyridine rings is 1. The summed E-state index contributed by atoms with van der Waals surface area (Å²) in [5.74, 6) is 1.75. The summed E-state index contributed by atoms with van der Waals surface area (Å²) in [5, 5.41) is 13.0. The first kappa shape index (κ1) is 17.8. The lowest BCUT2D eigenvalue weighted by molar-refractivity contribution is 0.290. The average molecular weight is 327 g/mol. The van der Waals surface area contributed by atoms with E-state index in [2.05, 4.69) is 30.1 Å². The van der Waals surface area contributed by atoms with Crippen LogP contribution in [-0.2, 0) is 0 Å². The highest BCUT2D eigenvalue weighted by molar-refractivity contribution is 5.98. The Morgan fingerprint density at radius 1 is 1.25 bits per heavy atom. The third-order valence-electron chi connectivity index (χ3n) is 3.87. The highest BCUT2D eigenvalue weighted by Crippen LogP contribution is 2.25. The van der Waals surface area contributed by atoms with Gasteiger partial charge in [-0.15, -0.1) is 0 Å². The zero-order chi connectivity index (χ0) is 17.7. The molecule has 2 rings (SSSR count). The molecule has 1 N–H and O–H groups in total. The Balaban J connectivity index is 2.31. The van der Waals surface area contributed by atoms with Crippen LogP contribution in [0.1, 0.15) is 37.5 Å². The molecule has 0 unspecified atom stereocenters. The molecule has 1 aromatic heterocycles. The molecule has 0 fully saturated rings. The van der Waals surface area contributed by atoms with Crippen LogP contribution in [-0.4, -0.2) is 33.5 Å². The van der Waals surface area contributed by atoms with Gasteiger partial charge in [0.05, 0.1) is 0 Å². The zero-order valence-electron chi connectivity index (χ0n) is 14.9. The molecule has 0 atom stereocenters. The van der Waals surface area contributed by atoms with E-state index in [1.54, 1.807) is 12.3 Å². The van der Waals surface area contributed by atoms with Gasteiger partial charge in [0, 0.05) is 30.4 Å². The molecular weight excluding hydrogens is 302 g/mol. The van der Waals surface area contributed by atoms with Gasteiger partial charge in [0.15, 0.2) is 5.84 Å². The lowest BCUT2D eigenvalue weighted by Gasteiger charge is -2.27. The van der Waals surface area contributed by atoms with Crippen molar-refractivity contribution in [2.24, 2.45) is 5.16 Å². The molecule has 0 aliphatic carbocycles. The maximum absolute atomic E-state index is 9.47. The molecule has 0 aliphatic rings. The number of nitrogens with zero attached hydrogens (tertiary/aromatic N) is 3. The molecule has 1 aromatic carbocycles. The van der Waals surface area contributed by atoms with Gasteiger partial charge in [-0.3, -0.25) is 0 Å². The number of oxime groups is 1. The van der Waals surface area contributed by atoms with Crippen molar-refractivity contribution >= 4 is 5.84 Å². The summed E-state index contributed by atoms with van der Waals surface area (Å²) >= 11 is 0. The van der Waals surface area contributed by atoms with Crippen molar-refractivity contribution in [1.82, 2.24) is 9.88 Å². The first-order chi connectivity index (χ1) is 11.5. The third kappa shape index (κ3) is 4.04. The van der Waals surface area contributed by atoms with E-state index in [4.69, 9.17) is 4.74 Å². The lowest BCUT2D eigenvalue weighted by atomic mass is 10.1. The summed E-state index contributed by atoms with van der Waals surface area (Å²) in [5.41, 5.74) is 3.00. The SMILES string of the molecule is CCN(/C(=N\O)c1ccnc(Oc2ccc(C)cc2C)c1)C(C)C. The second-order valence-electron chi connectivity index (χ2n) is 6.06. The van der Waals surface area contributed by atoms with E-state index in [-0.39, 0.29) is 6.04 Å². The van der Waals surface area contributed by atoms with Gasteiger partial charge in [-0.2, -0.15) is 0 Å². The topological polar surface area (TPSA) is 58.0 Å². The van der Waals surface area contributed by atoms with Crippen LogP contribution in [0.2, 0.25) is 0 Å². The molecule has 0 saturated heterocycles. The third-order valence-corrected chi connectivity index (χ3v) is 3.87. The fraction of sp³-hybridized carbons (Fsp3) is 0.368. The normalized spacial score (nSPS) is 11.7. The van der Waals surface area contributed by atoms with Crippen molar-refractivity contribution in [3.8, 4) is 11.6 Å². The molecular formula is C19H25N3O2. The summed E-state index contributed by atoms with van der Waals surface area (Å²) in [7, 11) is 0. The minimum atomic E-state index is 0.220. The van der Waals surface area contributed by atoms with E-state index in [1.807, 2.05) is 43.9 Å². The first-order valence-corrected chi connectivity index (χ1v) is 8.16. The highest BCUT2D eigenvalue weighted by atomic mass is 16.5. The highest BCUT2D eigenvalue weighted by Gasteiger charge is 2.17. The van der Waals surface area contributed by atoms with E-state index in [0.717, 1.165) is 23.4 Å². The van der Waals surface area contributed by atoms with Crippen LogP contribution in [0.5, 0.6) is 11.6 Å². The number of aryl methyl sites for hydroxylation is 2. The van der Waals surface area contributed by atoms with E-state index >= 15 is 0 Å². The van der Waals surface area contributed by atoms with Gasteiger partial charge in [-0.25, -0.2) is 4.98 Å². The minimum Gasteiger partial charge on any atom is -0.439 e. The molecule has 0 amide bonds. The van der Waals surface area contributed by atoms with Crippen LogP contribution < -0.4 is 4.74 Å². The van der Waals surface area contributed by atoms with E-state index in [0.29, 0.717) is 11.7 Å². The molecule has 2 aromatic rings. The standard InChI is InChI=1S/C19H25N3O2/c1-6-22(13(2)3)19(21-23)16-9-10-20-18(12-16)24-17-8-7-14(4)11-15(17)5/h7-13,23H,6H2,1-5H3/b21-19-. The molecule has 0 saturated carbocycles. The molecule has 1 heterocycles. The number of amidine groups is 1. The van der Waals surface area contributed by atoms with Crippen molar-refractivity contribution in [3.63, 3.8) is 0 Å². The molecule has 5 nitrogen and oxygen atoms in total. The predicted octanol–water partition coefficient (Wildman–Crippen LogP) is 4.36. The van der Waals surface area contributed by atoms with Gasteiger partial charge in [-0.1, -0.05) is 22.9 Å². The van der Waals surface area contributed by atoms with Crippen LogP contribution in [0.25, 0.3) is 0 Å². The number of hydrogen-bond donors (Lipinski definition) is 1. The van der Waals surface area contributed by atoms with Gasteiger partial charge in [-0.05, 0) is 52.3 Å². The van der Waals surface area contributed by atoms with Crippen LogP contribution in [0, 0.1) is 13.8 Å². The second-order valence-corrected chi connectivity index (χ2v) is 6.06. The van der Waals surface area contributed by atoms with Crippen LogP contribution in [0.3, 0.4) is 0 Å². The van der Waals surface area contributed by atoms with Gasteiger partial charge in [0.1, 0.15) is 5.75 Å². The molecule has 0 radical (unpaired) electrons. The summed E-state index contributed by atoms with van der Waals surface area (Å²) in [6, 6.07) is 9.83. The monoisotopic (exact) mass is 327 g/mol. The van der Waals surface area contributed by atoms with E-state index < -0.39 is 0 Å². The molecule has 0 bridgehead atoms. The van der Waals surface area contributed by atoms with Crippen LogP contribution in [0.15, 0.2) is 41.7 Å². The summed E-state index contributed by atoms with van der Waals surface area (Å²) in [6.45, 7) is 10.9. The fourth-order valence-electron chi connectivity index (χ4n) is 2.67.